The molecule has 1 saturated carbocycles. The lowest BCUT2D eigenvalue weighted by molar-refractivity contribution is 0.0600. The molecule has 2 unspecified atom stereocenters. The minimum atomic E-state index is -0.452. The van der Waals surface area contributed by atoms with Crippen molar-refractivity contribution in [1.29, 1.82) is 0 Å². The number of likely N-dealkylation sites (N-methyl/N-ethyl adjacent to an activating group) is 1. The fraction of sp³-hybridized carbons (Fsp3) is 0.364. The number of rotatable bonds is 6. The molecule has 0 bridgehead atoms. The van der Waals surface area contributed by atoms with E-state index < -0.39 is 5.60 Å². The number of oxime groups is 1. The highest BCUT2D eigenvalue weighted by Gasteiger charge is 2.64. The molecule has 6 heteroatoms. The lowest BCUT2D eigenvalue weighted by atomic mass is 9.95. The van der Waals surface area contributed by atoms with E-state index in [0.717, 1.165) is 35.6 Å². The van der Waals surface area contributed by atoms with Crippen molar-refractivity contribution in [2.24, 2.45) is 11.1 Å². The Hall–Kier alpha value is -2.86. The molecule has 1 heterocycles. The first-order valence-electron chi connectivity index (χ1n) is 9.37. The molecule has 0 radical (unpaired) electrons. The van der Waals surface area contributed by atoms with Crippen LogP contribution in [0.2, 0.25) is 0 Å². The molecule has 1 aliphatic heterocycles. The summed E-state index contributed by atoms with van der Waals surface area (Å²) in [6.45, 7) is 1.34. The topological polar surface area (TPSA) is 60.4 Å². The molecule has 1 aliphatic carbocycles. The van der Waals surface area contributed by atoms with Crippen molar-refractivity contribution in [3.05, 3.63) is 65.2 Å². The van der Waals surface area contributed by atoms with Crippen LogP contribution in [0.15, 0.2) is 53.7 Å². The molecule has 2 aliphatic rings. The zero-order chi connectivity index (χ0) is 19.7. The fourth-order valence-corrected chi connectivity index (χ4v) is 3.66. The molecule has 0 aromatic heterocycles. The van der Waals surface area contributed by atoms with Crippen LogP contribution < -0.4 is 4.74 Å². The Labute approximate surface area is 164 Å². The van der Waals surface area contributed by atoms with Gasteiger partial charge in [-0.3, -0.25) is 0 Å². The number of ether oxygens (including phenoxy) is 2. The van der Waals surface area contributed by atoms with Gasteiger partial charge in [-0.2, -0.15) is 0 Å². The number of carbonyl (C=O) groups is 1. The molecule has 0 spiro atoms. The summed E-state index contributed by atoms with van der Waals surface area (Å²) in [6.07, 6.45) is 0.828. The second kappa shape index (κ2) is 7.28. The summed E-state index contributed by atoms with van der Waals surface area (Å²) in [7, 11) is 5.39. The van der Waals surface area contributed by atoms with Crippen molar-refractivity contribution in [2.45, 2.75) is 12.0 Å². The van der Waals surface area contributed by atoms with E-state index in [2.05, 4.69) is 10.1 Å². The molecule has 2 atom stereocenters. The Morgan fingerprint density at radius 3 is 2.68 bits per heavy atom. The Morgan fingerprint density at radius 2 is 1.96 bits per heavy atom. The van der Waals surface area contributed by atoms with Crippen LogP contribution in [0.25, 0.3) is 0 Å². The van der Waals surface area contributed by atoms with Gasteiger partial charge in [0.1, 0.15) is 18.0 Å². The van der Waals surface area contributed by atoms with Crippen molar-refractivity contribution >= 4 is 11.7 Å². The fourth-order valence-electron chi connectivity index (χ4n) is 3.66. The van der Waals surface area contributed by atoms with Crippen LogP contribution in [0.4, 0.5) is 0 Å². The predicted octanol–water partition coefficient (Wildman–Crippen LogP) is 3.06. The van der Waals surface area contributed by atoms with Gasteiger partial charge in [-0.25, -0.2) is 4.79 Å². The highest BCUT2D eigenvalue weighted by molar-refractivity contribution is 6.08. The lowest BCUT2D eigenvalue weighted by Gasteiger charge is -2.27. The molecular formula is C22H24N2O4. The molecule has 146 valence electrons. The first-order valence-corrected chi connectivity index (χ1v) is 9.37. The van der Waals surface area contributed by atoms with Crippen molar-refractivity contribution in [1.82, 2.24) is 4.90 Å². The quantitative estimate of drug-likeness (QED) is 0.438. The zero-order valence-electron chi connectivity index (χ0n) is 16.3. The first kappa shape index (κ1) is 18.5. The van der Waals surface area contributed by atoms with Gasteiger partial charge in [0.15, 0.2) is 0 Å². The maximum absolute atomic E-state index is 11.7. The monoisotopic (exact) mass is 380 g/mol. The number of carbonyl (C=O) groups excluding carboxylic acids is 1. The van der Waals surface area contributed by atoms with Gasteiger partial charge in [-0.15, -0.1) is 0 Å². The van der Waals surface area contributed by atoms with E-state index in [9.17, 15) is 4.79 Å². The van der Waals surface area contributed by atoms with Crippen LogP contribution in [0.1, 0.15) is 27.9 Å². The minimum absolute atomic E-state index is 0.130. The Bertz CT molecular complexity index is 907. The lowest BCUT2D eigenvalue weighted by Crippen LogP contribution is -2.28. The number of esters is 1. The minimum Gasteiger partial charge on any atom is -0.481 e. The molecule has 0 amide bonds. The molecule has 4 rings (SSSR count). The van der Waals surface area contributed by atoms with Crippen molar-refractivity contribution in [3.8, 4) is 5.75 Å². The highest BCUT2D eigenvalue weighted by atomic mass is 16.6. The van der Waals surface area contributed by atoms with Crippen LogP contribution in [0.5, 0.6) is 5.75 Å². The highest BCUT2D eigenvalue weighted by Crippen LogP contribution is 2.60. The standard InChI is InChI=1S/C22H24N2O4/c1-24(2)12-13-27-23-20-17-6-4-5-7-19(17)28-22(14-18(20)22)16-10-8-15(9-11-16)21(25)26-3/h4-11,18H,12-14H2,1-3H3. The van der Waals surface area contributed by atoms with Gasteiger partial charge >= 0.3 is 5.97 Å². The molecule has 2 aromatic carbocycles. The zero-order valence-corrected chi connectivity index (χ0v) is 16.3. The number of hydrogen-bond donors (Lipinski definition) is 0. The summed E-state index contributed by atoms with van der Waals surface area (Å²) >= 11 is 0. The van der Waals surface area contributed by atoms with Crippen molar-refractivity contribution in [2.75, 3.05) is 34.4 Å². The van der Waals surface area contributed by atoms with Crippen molar-refractivity contribution in [3.63, 3.8) is 0 Å². The van der Waals surface area contributed by atoms with E-state index in [1.165, 1.54) is 7.11 Å². The van der Waals surface area contributed by atoms with Gasteiger partial charge in [-0.05, 0) is 43.9 Å². The number of benzene rings is 2. The molecule has 2 aromatic rings. The van der Waals surface area contributed by atoms with E-state index in [4.69, 9.17) is 14.3 Å². The summed E-state index contributed by atoms with van der Waals surface area (Å²) in [5.41, 5.74) is 3.01. The number of nitrogens with zero attached hydrogens (tertiary/aromatic N) is 2. The predicted molar refractivity (Wildman–Crippen MR) is 106 cm³/mol. The summed E-state index contributed by atoms with van der Waals surface area (Å²) in [6, 6.07) is 15.3. The maximum atomic E-state index is 11.7. The van der Waals surface area contributed by atoms with E-state index in [1.807, 2.05) is 50.5 Å². The van der Waals surface area contributed by atoms with E-state index in [-0.39, 0.29) is 11.9 Å². The van der Waals surface area contributed by atoms with E-state index in [0.29, 0.717) is 12.2 Å². The number of methoxy groups -OCH3 is 1. The van der Waals surface area contributed by atoms with Crippen molar-refractivity contribution < 1.29 is 19.1 Å². The maximum Gasteiger partial charge on any atom is 0.337 e. The second-order valence-corrected chi connectivity index (χ2v) is 7.43. The van der Waals surface area contributed by atoms with E-state index in [1.54, 1.807) is 12.1 Å². The molecule has 28 heavy (non-hydrogen) atoms. The van der Waals surface area contributed by atoms with Gasteiger partial charge in [0.05, 0.1) is 24.3 Å². The molecule has 0 saturated heterocycles. The summed E-state index contributed by atoms with van der Waals surface area (Å²) in [5.74, 6) is 0.594. The van der Waals surface area contributed by atoms with Gasteiger partial charge < -0.3 is 19.2 Å². The van der Waals surface area contributed by atoms with E-state index >= 15 is 0 Å². The normalized spacial score (nSPS) is 23.6. The van der Waals surface area contributed by atoms with Crippen LogP contribution in [0, 0.1) is 5.92 Å². The van der Waals surface area contributed by atoms with Crippen LogP contribution in [0.3, 0.4) is 0 Å². The van der Waals surface area contributed by atoms with Gasteiger partial charge in [0, 0.05) is 18.5 Å². The van der Waals surface area contributed by atoms with Crippen LogP contribution in [-0.2, 0) is 15.2 Å². The summed E-state index contributed by atoms with van der Waals surface area (Å²) in [5, 5.41) is 4.48. The van der Waals surface area contributed by atoms with Crippen LogP contribution in [-0.4, -0.2) is 50.9 Å². The van der Waals surface area contributed by atoms with Gasteiger partial charge in [0.25, 0.3) is 0 Å². The summed E-state index contributed by atoms with van der Waals surface area (Å²) in [4.78, 5) is 19.4. The average molecular weight is 380 g/mol. The Kier molecular flexibility index (Phi) is 4.81. The number of hydrogen-bond acceptors (Lipinski definition) is 6. The van der Waals surface area contributed by atoms with Gasteiger partial charge in [0.2, 0.25) is 0 Å². The largest absolute Gasteiger partial charge is 0.481 e. The van der Waals surface area contributed by atoms with Gasteiger partial charge in [-0.1, -0.05) is 29.4 Å². The molecule has 6 nitrogen and oxygen atoms in total. The first-order chi connectivity index (χ1) is 13.5. The van der Waals surface area contributed by atoms with Crippen LogP contribution >= 0.6 is 0 Å². The third kappa shape index (κ3) is 3.24. The summed E-state index contributed by atoms with van der Waals surface area (Å²) < 4.78 is 11.2. The second-order valence-electron chi connectivity index (χ2n) is 7.43. The third-order valence-corrected chi connectivity index (χ3v) is 5.28. The number of fused-ring (bicyclic) bond motifs is 2. The Morgan fingerprint density at radius 1 is 1.21 bits per heavy atom. The molecular weight excluding hydrogens is 356 g/mol. The smallest absolute Gasteiger partial charge is 0.337 e. The Balaban J connectivity index is 1.62. The number of para-hydroxylation sites is 1. The third-order valence-electron chi connectivity index (χ3n) is 5.28. The molecule has 1 fully saturated rings. The molecule has 0 N–H and O–H groups in total. The average Bonchev–Trinajstić information content (AvgIpc) is 3.45. The SMILES string of the molecule is COC(=O)c1ccc(C23CC2C(=NOCCN(C)C)c2ccccc2O3)cc1.